The van der Waals surface area contributed by atoms with Crippen molar-refractivity contribution in [3.8, 4) is 0 Å². The molecule has 7 heteroatoms. The number of hydrogen-bond acceptors (Lipinski definition) is 3. The summed E-state index contributed by atoms with van der Waals surface area (Å²) in [6.45, 7) is 9.01. The smallest absolute Gasteiger partial charge is 0.326 e. The summed E-state index contributed by atoms with van der Waals surface area (Å²) in [6.07, 6.45) is 0. The zero-order valence-electron chi connectivity index (χ0n) is 12.8. The van der Waals surface area contributed by atoms with E-state index in [1.165, 1.54) is 4.90 Å². The molecule has 0 spiro atoms. The molecule has 0 unspecified atom stereocenters. The maximum absolute atomic E-state index is 12.1. The predicted octanol–water partition coefficient (Wildman–Crippen LogP) is 0.639. The second-order valence-electron chi connectivity index (χ2n) is 6.33. The summed E-state index contributed by atoms with van der Waals surface area (Å²) in [6, 6.07) is -1.64. The van der Waals surface area contributed by atoms with Gasteiger partial charge in [0.1, 0.15) is 12.6 Å². The van der Waals surface area contributed by atoms with Crippen molar-refractivity contribution in [2.45, 2.75) is 40.7 Å². The van der Waals surface area contributed by atoms with Crippen LogP contribution in [0.15, 0.2) is 0 Å². The monoisotopic (exact) mass is 287 g/mol. The number of nitrogens with two attached hydrogens (primary N) is 1. The van der Waals surface area contributed by atoms with E-state index in [-0.39, 0.29) is 12.5 Å². The van der Waals surface area contributed by atoms with Gasteiger partial charge in [-0.15, -0.1) is 0 Å². The van der Waals surface area contributed by atoms with Crippen LogP contribution < -0.4 is 11.1 Å². The van der Waals surface area contributed by atoms with Crippen LogP contribution in [0.5, 0.6) is 0 Å². The number of rotatable bonds is 6. The van der Waals surface area contributed by atoms with Gasteiger partial charge in [0.2, 0.25) is 5.91 Å². The number of carbonyl (C=O) groups excluding carboxylic acids is 2. The maximum atomic E-state index is 12.1. The Kier molecular flexibility index (Phi) is 6.48. The zero-order chi connectivity index (χ0) is 16.1. The van der Waals surface area contributed by atoms with Gasteiger partial charge in [0.05, 0.1) is 0 Å². The van der Waals surface area contributed by atoms with E-state index in [2.05, 4.69) is 5.32 Å². The van der Waals surface area contributed by atoms with Crippen molar-refractivity contribution >= 4 is 17.9 Å². The average molecular weight is 287 g/mol. The Labute approximate surface area is 119 Å². The fourth-order valence-electron chi connectivity index (χ4n) is 1.71. The number of nitrogens with zero attached hydrogens (tertiary/aromatic N) is 1. The summed E-state index contributed by atoms with van der Waals surface area (Å²) in [5.41, 5.74) is 4.47. The van der Waals surface area contributed by atoms with Gasteiger partial charge in [-0.25, -0.2) is 9.59 Å². The lowest BCUT2D eigenvalue weighted by molar-refractivity contribution is -0.142. The number of nitrogens with one attached hydrogen (secondary N) is 1. The van der Waals surface area contributed by atoms with Crippen LogP contribution in [0, 0.1) is 11.3 Å². The van der Waals surface area contributed by atoms with Gasteiger partial charge in [-0.05, 0) is 11.3 Å². The molecule has 0 bridgehead atoms. The van der Waals surface area contributed by atoms with Crippen LogP contribution in [-0.4, -0.2) is 47.0 Å². The van der Waals surface area contributed by atoms with Gasteiger partial charge in [0.15, 0.2) is 0 Å². The van der Waals surface area contributed by atoms with Crippen LogP contribution in [0.2, 0.25) is 0 Å². The Morgan fingerprint density at radius 3 is 2.05 bits per heavy atom. The molecule has 0 aromatic rings. The van der Waals surface area contributed by atoms with Gasteiger partial charge >= 0.3 is 12.0 Å². The summed E-state index contributed by atoms with van der Waals surface area (Å²) < 4.78 is 0. The number of urea groups is 1. The highest BCUT2D eigenvalue weighted by Crippen LogP contribution is 2.19. The van der Waals surface area contributed by atoms with Crippen LogP contribution in [0.3, 0.4) is 0 Å². The Hall–Kier alpha value is -1.79. The molecule has 0 saturated heterocycles. The van der Waals surface area contributed by atoms with Gasteiger partial charge in [0, 0.05) is 6.54 Å². The molecule has 0 radical (unpaired) electrons. The highest BCUT2D eigenvalue weighted by molar-refractivity contribution is 5.86. The third-order valence-electron chi connectivity index (χ3n) is 2.60. The second-order valence-corrected chi connectivity index (χ2v) is 6.33. The summed E-state index contributed by atoms with van der Waals surface area (Å²) in [4.78, 5) is 35.6. The van der Waals surface area contributed by atoms with Gasteiger partial charge < -0.3 is 21.1 Å². The molecule has 0 aliphatic rings. The third-order valence-corrected chi connectivity index (χ3v) is 2.60. The molecule has 0 aromatic heterocycles. The lowest BCUT2D eigenvalue weighted by Gasteiger charge is -2.31. The highest BCUT2D eigenvalue weighted by Gasteiger charge is 2.34. The Morgan fingerprint density at radius 1 is 1.25 bits per heavy atom. The summed E-state index contributed by atoms with van der Waals surface area (Å²) in [7, 11) is 0. The van der Waals surface area contributed by atoms with Gasteiger partial charge in [-0.1, -0.05) is 34.6 Å². The van der Waals surface area contributed by atoms with Crippen LogP contribution in [0.1, 0.15) is 34.6 Å². The van der Waals surface area contributed by atoms with E-state index in [0.29, 0.717) is 6.54 Å². The second kappa shape index (κ2) is 7.12. The molecule has 0 aromatic carbocycles. The number of carbonyl (C=O) groups is 3. The molecule has 0 rings (SSSR count). The molecule has 1 atom stereocenters. The predicted molar refractivity (Wildman–Crippen MR) is 75.0 cm³/mol. The largest absolute Gasteiger partial charge is 0.480 e. The third kappa shape index (κ3) is 6.40. The van der Waals surface area contributed by atoms with E-state index in [1.54, 1.807) is 20.8 Å². The van der Waals surface area contributed by atoms with Crippen molar-refractivity contribution in [2.75, 3.05) is 13.1 Å². The first-order valence-corrected chi connectivity index (χ1v) is 6.51. The molecule has 0 fully saturated rings. The molecule has 20 heavy (non-hydrogen) atoms. The molecule has 0 aliphatic carbocycles. The molecule has 3 amide bonds. The van der Waals surface area contributed by atoms with Crippen molar-refractivity contribution in [1.82, 2.24) is 10.2 Å². The summed E-state index contributed by atoms with van der Waals surface area (Å²) >= 11 is 0. The van der Waals surface area contributed by atoms with Gasteiger partial charge in [-0.3, -0.25) is 4.79 Å². The number of carboxylic acid groups (broad SMARTS) is 1. The minimum Gasteiger partial charge on any atom is -0.480 e. The number of hydrogen-bond donors (Lipinski definition) is 3. The Balaban J connectivity index is 4.97. The van der Waals surface area contributed by atoms with Crippen molar-refractivity contribution in [2.24, 2.45) is 17.1 Å². The molecule has 0 heterocycles. The minimum absolute atomic E-state index is 0.137. The van der Waals surface area contributed by atoms with Crippen LogP contribution in [0.25, 0.3) is 0 Å². The van der Waals surface area contributed by atoms with E-state index in [1.807, 2.05) is 13.8 Å². The molecule has 116 valence electrons. The van der Waals surface area contributed by atoms with E-state index < -0.39 is 29.4 Å². The zero-order valence-corrected chi connectivity index (χ0v) is 12.8. The first kappa shape index (κ1) is 18.2. The number of carboxylic acids is 1. The fourth-order valence-corrected chi connectivity index (χ4v) is 1.71. The van der Waals surface area contributed by atoms with Crippen molar-refractivity contribution in [1.29, 1.82) is 0 Å². The fraction of sp³-hybridized carbons (Fsp3) is 0.769. The van der Waals surface area contributed by atoms with Gasteiger partial charge in [0.25, 0.3) is 0 Å². The Morgan fingerprint density at radius 2 is 1.75 bits per heavy atom. The molecule has 0 aliphatic heterocycles. The summed E-state index contributed by atoms with van der Waals surface area (Å²) in [5.74, 6) is -1.61. The van der Waals surface area contributed by atoms with Crippen LogP contribution in [0.4, 0.5) is 4.79 Å². The number of amides is 3. The Bertz CT molecular complexity index is 374. The van der Waals surface area contributed by atoms with Gasteiger partial charge in [-0.2, -0.15) is 0 Å². The molecular formula is C13H25N3O4. The number of primary amides is 1. The van der Waals surface area contributed by atoms with E-state index >= 15 is 0 Å². The molecule has 4 N–H and O–H groups in total. The van der Waals surface area contributed by atoms with Crippen molar-refractivity contribution < 1.29 is 19.5 Å². The molecule has 7 nitrogen and oxygen atoms in total. The van der Waals surface area contributed by atoms with E-state index in [4.69, 9.17) is 5.73 Å². The van der Waals surface area contributed by atoms with Crippen molar-refractivity contribution in [3.05, 3.63) is 0 Å². The summed E-state index contributed by atoms with van der Waals surface area (Å²) in [5, 5.41) is 11.6. The normalized spacial score (nSPS) is 12.9. The molecular weight excluding hydrogens is 262 g/mol. The molecule has 0 saturated carbocycles. The lowest BCUT2D eigenvalue weighted by atomic mass is 9.87. The van der Waals surface area contributed by atoms with Crippen molar-refractivity contribution in [3.63, 3.8) is 0 Å². The number of aliphatic carboxylic acids is 1. The average Bonchev–Trinajstić information content (AvgIpc) is 2.20. The minimum atomic E-state index is -1.12. The van der Waals surface area contributed by atoms with Crippen LogP contribution in [-0.2, 0) is 9.59 Å². The maximum Gasteiger partial charge on any atom is 0.326 e. The highest BCUT2D eigenvalue weighted by atomic mass is 16.4. The van der Waals surface area contributed by atoms with E-state index in [9.17, 15) is 19.5 Å². The SMILES string of the molecule is CC(C)CN(CC(N)=O)C(=O)N[C@H](C(=O)O)C(C)(C)C. The first-order valence-electron chi connectivity index (χ1n) is 6.51. The van der Waals surface area contributed by atoms with E-state index in [0.717, 1.165) is 0 Å². The lowest BCUT2D eigenvalue weighted by Crippen LogP contribution is -2.55. The quantitative estimate of drug-likeness (QED) is 0.665. The topological polar surface area (TPSA) is 113 Å². The van der Waals surface area contributed by atoms with Crippen LogP contribution >= 0.6 is 0 Å². The standard InChI is InChI=1S/C13H25N3O4/c1-8(2)6-16(7-9(14)17)12(20)15-10(11(18)19)13(3,4)5/h8,10H,6-7H2,1-5H3,(H2,14,17)(H,15,20)(H,18,19)/t10-/m1/s1. The first-order chi connectivity index (χ1) is 8.95.